The van der Waals surface area contributed by atoms with Crippen molar-refractivity contribution in [2.45, 2.75) is 13.8 Å². The molecule has 1 N–H and O–H groups in total. The van der Waals surface area contributed by atoms with E-state index < -0.39 is 11.8 Å². The van der Waals surface area contributed by atoms with E-state index in [4.69, 9.17) is 4.74 Å². The van der Waals surface area contributed by atoms with E-state index in [-0.39, 0.29) is 11.6 Å². The maximum Gasteiger partial charge on any atom is 0.282 e. The highest BCUT2D eigenvalue weighted by Crippen LogP contribution is 2.36. The van der Waals surface area contributed by atoms with Crippen LogP contribution >= 0.6 is 0 Å². The molecule has 0 atom stereocenters. The summed E-state index contributed by atoms with van der Waals surface area (Å²) in [5.74, 6) is -0.361. The number of imide groups is 1. The lowest BCUT2D eigenvalue weighted by Gasteiger charge is -2.21. The summed E-state index contributed by atoms with van der Waals surface area (Å²) in [7, 11) is 1.77. The minimum absolute atomic E-state index is 0.190. The normalized spacial score (nSPS) is 13.3. The van der Waals surface area contributed by atoms with E-state index in [1.807, 2.05) is 37.3 Å². The van der Waals surface area contributed by atoms with Crippen LogP contribution in [0.3, 0.4) is 0 Å². The zero-order valence-corrected chi connectivity index (χ0v) is 19.2. The number of ether oxygens (including phenoxy) is 1. The first-order valence-corrected chi connectivity index (χ1v) is 10.9. The Morgan fingerprint density at radius 1 is 0.912 bits per heavy atom. The summed E-state index contributed by atoms with van der Waals surface area (Å²) in [5, 5.41) is 2.71. The number of para-hydroxylation sites is 1. The molecule has 0 saturated heterocycles. The average Bonchev–Trinajstić information content (AvgIpc) is 3.10. The fraction of sp³-hybridized carbons (Fsp3) is 0.148. The monoisotopic (exact) mass is 455 g/mol. The Morgan fingerprint density at radius 2 is 1.56 bits per heavy atom. The molecule has 4 rings (SSSR count). The molecule has 0 bridgehead atoms. The van der Waals surface area contributed by atoms with Crippen LogP contribution in [0, 0.1) is 0 Å². The van der Waals surface area contributed by atoms with Crippen molar-refractivity contribution in [3.63, 3.8) is 0 Å². The minimum atomic E-state index is -0.417. The Labute approximate surface area is 198 Å². The number of hydrogen-bond acceptors (Lipinski definition) is 5. The second-order valence-electron chi connectivity index (χ2n) is 7.75. The van der Waals surface area contributed by atoms with Gasteiger partial charge in [0.25, 0.3) is 11.8 Å². The molecule has 3 amide bonds. The van der Waals surface area contributed by atoms with Crippen molar-refractivity contribution in [2.75, 3.05) is 28.8 Å². The molecule has 0 aliphatic carbocycles. The first kappa shape index (κ1) is 22.8. The first-order chi connectivity index (χ1) is 16.4. The van der Waals surface area contributed by atoms with E-state index in [1.54, 1.807) is 60.5 Å². The molecule has 34 heavy (non-hydrogen) atoms. The predicted octanol–water partition coefficient (Wildman–Crippen LogP) is 4.46. The number of amides is 3. The Hall–Kier alpha value is -4.39. The van der Waals surface area contributed by atoms with Crippen LogP contribution in [0.1, 0.15) is 19.4 Å². The van der Waals surface area contributed by atoms with Crippen molar-refractivity contribution in [1.29, 1.82) is 0 Å². The number of nitrogens with one attached hydrogen (secondary N) is 1. The van der Waals surface area contributed by atoms with E-state index in [2.05, 4.69) is 5.32 Å². The van der Waals surface area contributed by atoms with Gasteiger partial charge in [0, 0.05) is 25.3 Å². The maximum atomic E-state index is 13.7. The number of anilines is 3. The SMILES string of the molecule is CCOc1ccc(N2C(=O)C(c3ccc(NC(C)=O)cc3)=C(N(C)c3ccccc3)C2=O)cc1. The highest BCUT2D eigenvalue weighted by Gasteiger charge is 2.42. The third kappa shape index (κ3) is 4.41. The Bertz CT molecular complexity index is 1250. The van der Waals surface area contributed by atoms with Crippen molar-refractivity contribution in [3.05, 3.63) is 90.1 Å². The molecular formula is C27H25N3O4. The maximum absolute atomic E-state index is 13.7. The largest absolute Gasteiger partial charge is 0.494 e. The molecule has 1 heterocycles. The number of nitrogens with zero attached hydrogens (tertiary/aromatic N) is 2. The van der Waals surface area contributed by atoms with Gasteiger partial charge in [0.2, 0.25) is 5.91 Å². The van der Waals surface area contributed by atoms with Crippen LogP contribution in [0.2, 0.25) is 0 Å². The second kappa shape index (κ2) is 9.62. The molecule has 0 spiro atoms. The lowest BCUT2D eigenvalue weighted by molar-refractivity contribution is -0.120. The number of benzene rings is 3. The molecule has 1 aliphatic heterocycles. The van der Waals surface area contributed by atoms with Gasteiger partial charge in [-0.05, 0) is 61.0 Å². The Morgan fingerprint density at radius 3 is 2.15 bits per heavy atom. The van der Waals surface area contributed by atoms with Crippen LogP contribution in [0.4, 0.5) is 17.1 Å². The summed E-state index contributed by atoms with van der Waals surface area (Å²) in [6.45, 7) is 3.84. The number of likely N-dealkylation sites (N-methyl/N-ethyl adjacent to an activating group) is 1. The van der Waals surface area contributed by atoms with Crippen molar-refractivity contribution in [1.82, 2.24) is 0 Å². The fourth-order valence-corrected chi connectivity index (χ4v) is 3.89. The number of rotatable bonds is 7. The van der Waals surface area contributed by atoms with Gasteiger partial charge >= 0.3 is 0 Å². The van der Waals surface area contributed by atoms with Gasteiger partial charge < -0.3 is 15.0 Å². The molecule has 7 heteroatoms. The van der Waals surface area contributed by atoms with Gasteiger partial charge in [0.1, 0.15) is 11.4 Å². The summed E-state index contributed by atoms with van der Waals surface area (Å²) >= 11 is 0. The number of hydrogen-bond donors (Lipinski definition) is 1. The minimum Gasteiger partial charge on any atom is -0.494 e. The molecule has 172 valence electrons. The number of carbonyl (C=O) groups is 3. The predicted molar refractivity (Wildman–Crippen MR) is 133 cm³/mol. The molecule has 0 aromatic heterocycles. The lowest BCUT2D eigenvalue weighted by atomic mass is 10.0. The zero-order chi connectivity index (χ0) is 24.2. The van der Waals surface area contributed by atoms with Gasteiger partial charge in [0.05, 0.1) is 17.9 Å². The fourth-order valence-electron chi connectivity index (χ4n) is 3.89. The average molecular weight is 456 g/mol. The van der Waals surface area contributed by atoms with Gasteiger partial charge in [-0.1, -0.05) is 30.3 Å². The molecule has 3 aromatic carbocycles. The second-order valence-corrected chi connectivity index (χ2v) is 7.75. The van der Waals surface area contributed by atoms with Crippen molar-refractivity contribution >= 4 is 40.4 Å². The lowest BCUT2D eigenvalue weighted by Crippen LogP contribution is -2.34. The van der Waals surface area contributed by atoms with Crippen LogP contribution in [-0.2, 0) is 14.4 Å². The quantitative estimate of drug-likeness (QED) is 0.532. The highest BCUT2D eigenvalue weighted by molar-refractivity contribution is 6.46. The first-order valence-electron chi connectivity index (χ1n) is 10.9. The van der Waals surface area contributed by atoms with Gasteiger partial charge in [-0.2, -0.15) is 0 Å². The van der Waals surface area contributed by atoms with E-state index in [0.29, 0.717) is 34.9 Å². The van der Waals surface area contributed by atoms with E-state index in [1.165, 1.54) is 11.8 Å². The molecule has 0 radical (unpaired) electrons. The van der Waals surface area contributed by atoms with E-state index >= 15 is 0 Å². The van der Waals surface area contributed by atoms with Crippen molar-refractivity contribution in [3.8, 4) is 5.75 Å². The van der Waals surface area contributed by atoms with Crippen LogP contribution in [0.25, 0.3) is 5.57 Å². The van der Waals surface area contributed by atoms with Crippen molar-refractivity contribution < 1.29 is 19.1 Å². The van der Waals surface area contributed by atoms with Crippen LogP contribution in [-0.4, -0.2) is 31.4 Å². The number of carbonyl (C=O) groups excluding carboxylic acids is 3. The molecule has 0 fully saturated rings. The van der Waals surface area contributed by atoms with Gasteiger partial charge in [-0.25, -0.2) is 4.90 Å². The van der Waals surface area contributed by atoms with E-state index in [0.717, 1.165) is 5.69 Å². The third-order valence-electron chi connectivity index (χ3n) is 5.44. The molecular weight excluding hydrogens is 430 g/mol. The summed E-state index contributed by atoms with van der Waals surface area (Å²) < 4.78 is 5.49. The van der Waals surface area contributed by atoms with E-state index in [9.17, 15) is 14.4 Å². The smallest absolute Gasteiger partial charge is 0.282 e. The van der Waals surface area contributed by atoms with Gasteiger partial charge in [-0.3, -0.25) is 14.4 Å². The summed E-state index contributed by atoms with van der Waals surface area (Å²) in [5.41, 5.74) is 2.99. The summed E-state index contributed by atoms with van der Waals surface area (Å²) in [6, 6.07) is 23.1. The Balaban J connectivity index is 1.78. The molecule has 0 saturated carbocycles. The van der Waals surface area contributed by atoms with Crippen molar-refractivity contribution in [2.24, 2.45) is 0 Å². The molecule has 3 aromatic rings. The molecule has 0 unspecified atom stereocenters. The van der Waals surface area contributed by atoms with Crippen LogP contribution in [0.15, 0.2) is 84.6 Å². The topological polar surface area (TPSA) is 79.0 Å². The highest BCUT2D eigenvalue weighted by atomic mass is 16.5. The van der Waals surface area contributed by atoms with Gasteiger partial charge in [-0.15, -0.1) is 0 Å². The van der Waals surface area contributed by atoms with Gasteiger partial charge in [0.15, 0.2) is 0 Å². The zero-order valence-electron chi connectivity index (χ0n) is 19.2. The third-order valence-corrected chi connectivity index (χ3v) is 5.44. The summed E-state index contributed by atoms with van der Waals surface area (Å²) in [4.78, 5) is 41.6. The van der Waals surface area contributed by atoms with Crippen LogP contribution in [0.5, 0.6) is 5.75 Å². The standard InChI is InChI=1S/C27H25N3O4/c1-4-34-23-16-14-22(15-17-23)30-26(32)24(19-10-12-20(13-11-19)28-18(2)31)25(27(30)33)29(3)21-8-6-5-7-9-21/h5-17H,4H2,1-3H3,(H,28,31). The summed E-state index contributed by atoms with van der Waals surface area (Å²) in [6.07, 6.45) is 0. The molecule has 7 nitrogen and oxygen atoms in total. The Kier molecular flexibility index (Phi) is 6.45. The van der Waals surface area contributed by atoms with Crippen LogP contribution < -0.4 is 19.9 Å². The molecule has 1 aliphatic rings.